The van der Waals surface area contributed by atoms with Crippen LogP contribution in [0.3, 0.4) is 0 Å². The van der Waals surface area contributed by atoms with E-state index < -0.39 is 0 Å². The average Bonchev–Trinajstić information content (AvgIpc) is 2.82. The van der Waals surface area contributed by atoms with Crippen LogP contribution >= 0.6 is 12.2 Å². The molecule has 1 saturated heterocycles. The maximum Gasteiger partial charge on any atom is 0.409 e. The van der Waals surface area contributed by atoms with E-state index in [1.165, 1.54) is 4.90 Å². The van der Waals surface area contributed by atoms with E-state index in [1.54, 1.807) is 24.3 Å². The minimum absolute atomic E-state index is 0.159. The van der Waals surface area contributed by atoms with Crippen molar-refractivity contribution in [1.29, 1.82) is 0 Å². The first-order chi connectivity index (χ1) is 9.56. The Bertz CT molecular complexity index is 530. The van der Waals surface area contributed by atoms with Gasteiger partial charge < -0.3 is 20.7 Å². The molecule has 0 aliphatic carbocycles. The number of benzene rings is 1. The molecule has 1 aliphatic heterocycles. The van der Waals surface area contributed by atoms with Crippen LogP contribution in [0.5, 0.6) is 0 Å². The first-order valence-corrected chi connectivity index (χ1v) is 6.58. The van der Waals surface area contributed by atoms with Crippen LogP contribution in [-0.4, -0.2) is 41.6 Å². The number of rotatable bonds is 5. The van der Waals surface area contributed by atoms with Gasteiger partial charge in [0.05, 0.1) is 6.54 Å². The first-order valence-electron chi connectivity index (χ1n) is 6.17. The van der Waals surface area contributed by atoms with Crippen molar-refractivity contribution in [1.82, 2.24) is 4.90 Å². The molecule has 0 bridgehead atoms. The summed E-state index contributed by atoms with van der Waals surface area (Å²) in [4.78, 5) is 24.8. The number of carbonyl (C=O) groups excluding carboxylic acids is 2. The number of carbonyl (C=O) groups is 2. The van der Waals surface area contributed by atoms with Gasteiger partial charge in [-0.3, -0.25) is 4.79 Å². The van der Waals surface area contributed by atoms with Crippen molar-refractivity contribution in [2.45, 2.75) is 6.42 Å². The molecule has 2 amide bonds. The molecule has 1 aromatic rings. The summed E-state index contributed by atoms with van der Waals surface area (Å²) in [5, 5.41) is 2.75. The Morgan fingerprint density at radius 2 is 2.10 bits per heavy atom. The van der Waals surface area contributed by atoms with Crippen molar-refractivity contribution in [3.63, 3.8) is 0 Å². The summed E-state index contributed by atoms with van der Waals surface area (Å²) < 4.78 is 4.78. The second-order valence-electron chi connectivity index (χ2n) is 4.34. The zero-order valence-corrected chi connectivity index (χ0v) is 11.6. The van der Waals surface area contributed by atoms with Crippen molar-refractivity contribution in [3.05, 3.63) is 29.8 Å². The van der Waals surface area contributed by atoms with Gasteiger partial charge in [0, 0.05) is 24.2 Å². The molecule has 7 heteroatoms. The second-order valence-corrected chi connectivity index (χ2v) is 4.78. The molecule has 0 radical (unpaired) electrons. The van der Waals surface area contributed by atoms with Crippen molar-refractivity contribution in [3.8, 4) is 0 Å². The largest absolute Gasteiger partial charge is 0.448 e. The van der Waals surface area contributed by atoms with Gasteiger partial charge >= 0.3 is 6.09 Å². The highest BCUT2D eigenvalue weighted by Gasteiger charge is 2.21. The molecule has 6 nitrogen and oxygen atoms in total. The molecule has 0 aromatic heterocycles. The smallest absolute Gasteiger partial charge is 0.409 e. The molecule has 106 valence electrons. The highest BCUT2D eigenvalue weighted by molar-refractivity contribution is 7.80. The Balaban J connectivity index is 1.82. The maximum atomic E-state index is 11.8. The van der Waals surface area contributed by atoms with Crippen LogP contribution in [0.25, 0.3) is 0 Å². The Labute approximate surface area is 121 Å². The van der Waals surface area contributed by atoms with E-state index in [2.05, 4.69) is 5.32 Å². The lowest BCUT2D eigenvalue weighted by molar-refractivity contribution is -0.116. The molecule has 3 N–H and O–H groups in total. The zero-order chi connectivity index (χ0) is 14.5. The highest BCUT2D eigenvalue weighted by Crippen LogP contribution is 2.10. The summed E-state index contributed by atoms with van der Waals surface area (Å²) in [5.74, 6) is -0.159. The normalized spacial score (nSPS) is 14.0. The lowest BCUT2D eigenvalue weighted by Gasteiger charge is -2.12. The van der Waals surface area contributed by atoms with Gasteiger partial charge in [-0.05, 0) is 24.3 Å². The molecule has 2 rings (SSSR count). The third kappa shape index (κ3) is 3.67. The molecular formula is C13H15N3O3S. The SMILES string of the molecule is NC(=S)c1ccc(NC(=O)CCN2CCOC2=O)cc1. The molecule has 0 unspecified atom stereocenters. The fourth-order valence-corrected chi connectivity index (χ4v) is 1.94. The monoisotopic (exact) mass is 293 g/mol. The number of thiocarbonyl (C=S) groups is 1. The summed E-state index contributed by atoms with van der Waals surface area (Å²) in [6.07, 6.45) is -0.134. The molecular weight excluding hydrogens is 278 g/mol. The average molecular weight is 293 g/mol. The fraction of sp³-hybridized carbons (Fsp3) is 0.308. The number of nitrogens with two attached hydrogens (primary N) is 1. The number of nitrogens with one attached hydrogen (secondary N) is 1. The minimum atomic E-state index is -0.362. The highest BCUT2D eigenvalue weighted by atomic mass is 32.1. The first kappa shape index (κ1) is 14.3. The molecule has 1 aliphatic rings. The van der Waals surface area contributed by atoms with E-state index in [0.29, 0.717) is 30.4 Å². The van der Waals surface area contributed by atoms with Gasteiger partial charge in [0.1, 0.15) is 11.6 Å². The Hall–Kier alpha value is -2.15. The van der Waals surface area contributed by atoms with Gasteiger partial charge in [-0.15, -0.1) is 0 Å². The van der Waals surface area contributed by atoms with Crippen molar-refractivity contribution < 1.29 is 14.3 Å². The molecule has 0 saturated carbocycles. The van der Waals surface area contributed by atoms with Crippen LogP contribution < -0.4 is 11.1 Å². The summed E-state index contributed by atoms with van der Waals surface area (Å²) in [6, 6.07) is 6.96. The van der Waals surface area contributed by atoms with E-state index in [0.717, 1.165) is 5.56 Å². The topological polar surface area (TPSA) is 84.7 Å². The zero-order valence-electron chi connectivity index (χ0n) is 10.8. The Kier molecular flexibility index (Phi) is 4.52. The number of hydrogen-bond acceptors (Lipinski definition) is 4. The van der Waals surface area contributed by atoms with E-state index in [1.807, 2.05) is 0 Å². The summed E-state index contributed by atoms with van der Waals surface area (Å²) in [5.41, 5.74) is 6.90. The number of nitrogens with zero attached hydrogens (tertiary/aromatic N) is 1. The molecule has 0 spiro atoms. The number of amides is 2. The maximum absolute atomic E-state index is 11.8. The van der Waals surface area contributed by atoms with Gasteiger partial charge in [-0.1, -0.05) is 12.2 Å². The predicted octanol–water partition coefficient (Wildman–Crippen LogP) is 1.10. The standard InChI is InChI=1S/C13H15N3O3S/c14-12(20)9-1-3-10(4-2-9)15-11(17)5-6-16-7-8-19-13(16)18/h1-4H,5-8H2,(H2,14,20)(H,15,17). The summed E-state index contributed by atoms with van der Waals surface area (Å²) in [7, 11) is 0. The van der Waals surface area contributed by atoms with Crippen LogP contribution in [0, 0.1) is 0 Å². The molecule has 20 heavy (non-hydrogen) atoms. The van der Waals surface area contributed by atoms with Crippen molar-refractivity contribution >= 4 is 34.9 Å². The van der Waals surface area contributed by atoms with Gasteiger partial charge in [0.25, 0.3) is 0 Å². The van der Waals surface area contributed by atoms with Gasteiger partial charge in [0.2, 0.25) is 5.91 Å². The summed E-state index contributed by atoms with van der Waals surface area (Å²) >= 11 is 4.85. The van der Waals surface area contributed by atoms with Crippen molar-refractivity contribution in [2.75, 3.05) is 25.0 Å². The fourth-order valence-electron chi connectivity index (χ4n) is 1.81. The predicted molar refractivity (Wildman–Crippen MR) is 78.5 cm³/mol. The number of cyclic esters (lactones) is 1. The van der Waals surface area contributed by atoms with Crippen LogP contribution in [0.4, 0.5) is 10.5 Å². The molecule has 1 heterocycles. The number of ether oxygens (including phenoxy) is 1. The van der Waals surface area contributed by atoms with E-state index in [-0.39, 0.29) is 18.4 Å². The van der Waals surface area contributed by atoms with Crippen LogP contribution in [0.1, 0.15) is 12.0 Å². The second kappa shape index (κ2) is 6.33. The number of hydrogen-bond donors (Lipinski definition) is 2. The minimum Gasteiger partial charge on any atom is -0.448 e. The van der Waals surface area contributed by atoms with Crippen LogP contribution in [0.2, 0.25) is 0 Å². The van der Waals surface area contributed by atoms with Gasteiger partial charge in [-0.2, -0.15) is 0 Å². The Morgan fingerprint density at radius 1 is 1.40 bits per heavy atom. The van der Waals surface area contributed by atoms with E-state index >= 15 is 0 Å². The molecule has 1 fully saturated rings. The van der Waals surface area contributed by atoms with Gasteiger partial charge in [-0.25, -0.2) is 4.79 Å². The Morgan fingerprint density at radius 3 is 2.65 bits per heavy atom. The summed E-state index contributed by atoms with van der Waals surface area (Å²) in [6.45, 7) is 1.28. The van der Waals surface area contributed by atoms with Crippen LogP contribution in [0.15, 0.2) is 24.3 Å². The molecule has 1 aromatic carbocycles. The van der Waals surface area contributed by atoms with Gasteiger partial charge in [0.15, 0.2) is 0 Å². The lowest BCUT2D eigenvalue weighted by atomic mass is 10.2. The quantitative estimate of drug-likeness (QED) is 0.794. The third-order valence-corrected chi connectivity index (χ3v) is 3.14. The third-order valence-electron chi connectivity index (χ3n) is 2.91. The van der Waals surface area contributed by atoms with Crippen molar-refractivity contribution in [2.24, 2.45) is 5.73 Å². The lowest BCUT2D eigenvalue weighted by Crippen LogP contribution is -2.28. The van der Waals surface area contributed by atoms with Crippen LogP contribution in [-0.2, 0) is 9.53 Å². The molecule has 0 atom stereocenters. The number of anilines is 1. The van der Waals surface area contributed by atoms with E-state index in [4.69, 9.17) is 22.7 Å². The van der Waals surface area contributed by atoms with E-state index in [9.17, 15) is 9.59 Å².